The number of amides is 2. The van der Waals surface area contributed by atoms with Crippen molar-refractivity contribution in [2.24, 2.45) is 11.8 Å². The van der Waals surface area contributed by atoms with E-state index >= 15 is 0 Å². The largest absolute Gasteiger partial charge is 0.481 e. The molecule has 2 aliphatic rings. The first-order chi connectivity index (χ1) is 9.54. The highest BCUT2D eigenvalue weighted by Crippen LogP contribution is 2.27. The van der Waals surface area contributed by atoms with Crippen LogP contribution in [0, 0.1) is 11.8 Å². The number of carboxylic acid groups (broad SMARTS) is 1. The number of carbonyl (C=O) groups excluding carboxylic acids is 1. The maximum absolute atomic E-state index is 12.5. The fourth-order valence-electron chi connectivity index (χ4n) is 3.33. The fourth-order valence-corrected chi connectivity index (χ4v) is 3.33. The number of likely N-dealkylation sites (tertiary alicyclic amines) is 2. The Labute approximate surface area is 119 Å². The van der Waals surface area contributed by atoms with Crippen LogP contribution in [0.15, 0.2) is 0 Å². The fraction of sp³-hybridized carbons (Fsp3) is 0.857. The molecule has 2 saturated heterocycles. The van der Waals surface area contributed by atoms with Gasteiger partial charge in [-0.05, 0) is 26.2 Å². The molecule has 0 spiro atoms. The van der Waals surface area contributed by atoms with Crippen molar-refractivity contribution in [3.8, 4) is 0 Å². The van der Waals surface area contributed by atoms with Crippen molar-refractivity contribution in [1.82, 2.24) is 9.80 Å². The van der Waals surface area contributed by atoms with Gasteiger partial charge in [-0.2, -0.15) is 0 Å². The lowest BCUT2D eigenvalue weighted by molar-refractivity contribution is -0.142. The van der Waals surface area contributed by atoms with Crippen LogP contribution < -0.4 is 0 Å². The maximum Gasteiger partial charge on any atom is 0.320 e. The van der Waals surface area contributed by atoms with E-state index in [9.17, 15) is 9.59 Å². The summed E-state index contributed by atoms with van der Waals surface area (Å²) >= 11 is 0. The second kappa shape index (κ2) is 6.43. The molecule has 0 saturated carbocycles. The van der Waals surface area contributed by atoms with Crippen LogP contribution in [-0.4, -0.2) is 66.3 Å². The van der Waals surface area contributed by atoms with Crippen molar-refractivity contribution in [2.75, 3.05) is 33.4 Å². The van der Waals surface area contributed by atoms with Gasteiger partial charge in [0.1, 0.15) is 0 Å². The number of nitrogens with zero attached hydrogens (tertiary/aromatic N) is 2. The monoisotopic (exact) mass is 284 g/mol. The van der Waals surface area contributed by atoms with Gasteiger partial charge in [0.25, 0.3) is 0 Å². The van der Waals surface area contributed by atoms with Crippen LogP contribution in [0.3, 0.4) is 0 Å². The summed E-state index contributed by atoms with van der Waals surface area (Å²) in [5, 5.41) is 9.14. The number of carboxylic acids is 1. The minimum absolute atomic E-state index is 0.0120. The Morgan fingerprint density at radius 3 is 2.65 bits per heavy atom. The summed E-state index contributed by atoms with van der Waals surface area (Å²) in [6.07, 6.45) is 2.63. The Morgan fingerprint density at radius 1 is 1.30 bits per heavy atom. The second-order valence-corrected chi connectivity index (χ2v) is 5.86. The molecule has 6 nitrogen and oxygen atoms in total. The Morgan fingerprint density at radius 2 is 2.05 bits per heavy atom. The molecule has 0 aromatic heterocycles. The number of hydrogen-bond donors (Lipinski definition) is 1. The van der Waals surface area contributed by atoms with Gasteiger partial charge in [0.05, 0.1) is 12.5 Å². The quantitative estimate of drug-likeness (QED) is 0.847. The van der Waals surface area contributed by atoms with E-state index in [1.165, 1.54) is 0 Å². The van der Waals surface area contributed by atoms with Crippen LogP contribution in [0.2, 0.25) is 0 Å². The zero-order chi connectivity index (χ0) is 14.7. The van der Waals surface area contributed by atoms with Crippen LogP contribution in [0.5, 0.6) is 0 Å². The van der Waals surface area contributed by atoms with Gasteiger partial charge in [0, 0.05) is 38.7 Å². The minimum Gasteiger partial charge on any atom is -0.481 e. The zero-order valence-electron chi connectivity index (χ0n) is 12.2. The standard InChI is InChI=1S/C14H24N2O4/c1-10-12(13(17)18)5-7-16(10)14(19)15-6-3-4-11(8-15)9-20-2/h10-12H,3-9H2,1-2H3,(H,17,18). The van der Waals surface area contributed by atoms with Gasteiger partial charge in [-0.3, -0.25) is 4.79 Å². The molecule has 0 bridgehead atoms. The molecule has 2 amide bonds. The van der Waals surface area contributed by atoms with E-state index in [1.807, 2.05) is 11.8 Å². The second-order valence-electron chi connectivity index (χ2n) is 5.86. The van der Waals surface area contributed by atoms with Gasteiger partial charge < -0.3 is 19.6 Å². The first-order valence-electron chi connectivity index (χ1n) is 7.32. The van der Waals surface area contributed by atoms with E-state index in [1.54, 1.807) is 12.0 Å². The molecule has 2 aliphatic heterocycles. The topological polar surface area (TPSA) is 70.1 Å². The van der Waals surface area contributed by atoms with Crippen molar-refractivity contribution in [3.63, 3.8) is 0 Å². The average Bonchev–Trinajstić information content (AvgIpc) is 2.80. The number of ether oxygens (including phenoxy) is 1. The highest BCUT2D eigenvalue weighted by molar-refractivity contribution is 5.78. The number of methoxy groups -OCH3 is 1. The number of aliphatic carboxylic acids is 1. The SMILES string of the molecule is COCC1CCCN(C(=O)N2CCC(C(=O)O)C2C)C1. The third-order valence-corrected chi connectivity index (χ3v) is 4.51. The number of hydrogen-bond acceptors (Lipinski definition) is 3. The molecule has 3 atom stereocenters. The molecule has 0 aromatic carbocycles. The Kier molecular flexibility index (Phi) is 4.86. The van der Waals surface area contributed by atoms with Crippen LogP contribution in [0.1, 0.15) is 26.2 Å². The molecule has 1 N–H and O–H groups in total. The van der Waals surface area contributed by atoms with Gasteiger partial charge in [-0.15, -0.1) is 0 Å². The van der Waals surface area contributed by atoms with E-state index in [0.717, 1.165) is 19.4 Å². The molecule has 2 rings (SSSR count). The molecule has 2 fully saturated rings. The van der Waals surface area contributed by atoms with Crippen LogP contribution >= 0.6 is 0 Å². The smallest absolute Gasteiger partial charge is 0.320 e. The third kappa shape index (κ3) is 3.06. The number of rotatable bonds is 3. The average molecular weight is 284 g/mol. The minimum atomic E-state index is -0.802. The summed E-state index contributed by atoms with van der Waals surface area (Å²) in [6.45, 7) is 4.54. The predicted molar refractivity (Wildman–Crippen MR) is 73.5 cm³/mol. The number of piperidine rings is 1. The van der Waals surface area contributed by atoms with Crippen LogP contribution in [-0.2, 0) is 9.53 Å². The number of urea groups is 1. The third-order valence-electron chi connectivity index (χ3n) is 4.51. The van der Waals surface area contributed by atoms with E-state index in [0.29, 0.717) is 32.0 Å². The molecule has 3 unspecified atom stereocenters. The van der Waals surface area contributed by atoms with E-state index in [4.69, 9.17) is 9.84 Å². The van der Waals surface area contributed by atoms with Gasteiger partial charge >= 0.3 is 12.0 Å². The predicted octanol–water partition coefficient (Wildman–Crippen LogP) is 1.26. The summed E-state index contributed by atoms with van der Waals surface area (Å²) < 4.78 is 5.18. The highest BCUT2D eigenvalue weighted by Gasteiger charge is 2.40. The zero-order valence-corrected chi connectivity index (χ0v) is 12.2. The number of carbonyl (C=O) groups is 2. The highest BCUT2D eigenvalue weighted by atomic mass is 16.5. The lowest BCUT2D eigenvalue weighted by Gasteiger charge is -2.36. The molecule has 0 radical (unpaired) electrons. The molecular formula is C14H24N2O4. The lowest BCUT2D eigenvalue weighted by atomic mass is 9.99. The van der Waals surface area contributed by atoms with Gasteiger partial charge in [-0.25, -0.2) is 4.79 Å². The Hall–Kier alpha value is -1.30. The van der Waals surface area contributed by atoms with E-state index < -0.39 is 11.9 Å². The Balaban J connectivity index is 1.95. The molecule has 2 heterocycles. The summed E-state index contributed by atoms with van der Waals surface area (Å²) in [5.41, 5.74) is 0. The summed E-state index contributed by atoms with van der Waals surface area (Å²) in [6, 6.07) is -0.232. The van der Waals surface area contributed by atoms with Crippen molar-refractivity contribution in [2.45, 2.75) is 32.2 Å². The lowest BCUT2D eigenvalue weighted by Crippen LogP contribution is -2.50. The van der Waals surface area contributed by atoms with Gasteiger partial charge in [-0.1, -0.05) is 0 Å². The molecule has 114 valence electrons. The van der Waals surface area contributed by atoms with Crippen LogP contribution in [0.25, 0.3) is 0 Å². The molecule has 20 heavy (non-hydrogen) atoms. The van der Waals surface area contributed by atoms with Gasteiger partial charge in [0.2, 0.25) is 0 Å². The molecular weight excluding hydrogens is 260 g/mol. The summed E-state index contributed by atoms with van der Waals surface area (Å²) in [5.74, 6) is -0.840. The first-order valence-corrected chi connectivity index (χ1v) is 7.32. The maximum atomic E-state index is 12.5. The van der Waals surface area contributed by atoms with E-state index in [2.05, 4.69) is 0 Å². The van der Waals surface area contributed by atoms with E-state index in [-0.39, 0.29) is 12.1 Å². The van der Waals surface area contributed by atoms with Crippen LogP contribution in [0.4, 0.5) is 4.79 Å². The first kappa shape index (κ1) is 15.1. The normalized spacial score (nSPS) is 30.6. The Bertz CT molecular complexity index is 372. The van der Waals surface area contributed by atoms with Crippen molar-refractivity contribution in [3.05, 3.63) is 0 Å². The molecule has 0 aliphatic carbocycles. The molecule has 0 aromatic rings. The van der Waals surface area contributed by atoms with Crippen molar-refractivity contribution < 1.29 is 19.4 Å². The van der Waals surface area contributed by atoms with Gasteiger partial charge in [0.15, 0.2) is 0 Å². The summed E-state index contributed by atoms with van der Waals surface area (Å²) in [7, 11) is 1.68. The van der Waals surface area contributed by atoms with Crippen molar-refractivity contribution >= 4 is 12.0 Å². The molecule has 6 heteroatoms. The summed E-state index contributed by atoms with van der Waals surface area (Å²) in [4.78, 5) is 27.2. The van der Waals surface area contributed by atoms with Crippen molar-refractivity contribution in [1.29, 1.82) is 0 Å².